The average molecular weight is 406 g/mol. The summed E-state index contributed by atoms with van der Waals surface area (Å²) in [6, 6.07) is 13.7. The fourth-order valence-corrected chi connectivity index (χ4v) is 3.06. The minimum Gasteiger partial charge on any atom is -0.298 e. The van der Waals surface area contributed by atoms with Gasteiger partial charge in [-0.3, -0.25) is 18.9 Å². The van der Waals surface area contributed by atoms with Crippen molar-refractivity contribution in [3.8, 4) is 0 Å². The first-order chi connectivity index (χ1) is 14.4. The quantitative estimate of drug-likeness (QED) is 0.393. The number of hydrogen-bond acceptors (Lipinski definition) is 5. The number of hydrogen-bond donors (Lipinski definition) is 2. The van der Waals surface area contributed by atoms with Crippen LogP contribution in [0.2, 0.25) is 0 Å². The van der Waals surface area contributed by atoms with Crippen molar-refractivity contribution in [2.24, 2.45) is 12.1 Å². The smallest absolute Gasteiger partial charge is 0.298 e. The highest BCUT2D eigenvalue weighted by atomic mass is 19.1. The zero-order valence-corrected chi connectivity index (χ0v) is 16.4. The van der Waals surface area contributed by atoms with E-state index in [4.69, 9.17) is 0 Å². The fraction of sp³-hybridized carbons (Fsp3) is 0.143. The minimum atomic E-state index is -0.547. The molecule has 2 N–H and O–H groups in total. The molecular formula is C21H19FN6O2. The number of rotatable bonds is 5. The molecule has 0 saturated heterocycles. The van der Waals surface area contributed by atoms with Gasteiger partial charge in [0.1, 0.15) is 5.82 Å². The molecule has 0 radical (unpaired) electrons. The first-order valence-electron chi connectivity index (χ1n) is 9.22. The molecule has 0 atom stereocenters. The molecule has 0 amide bonds. The molecule has 4 aromatic rings. The zero-order valence-electron chi connectivity index (χ0n) is 16.4. The summed E-state index contributed by atoms with van der Waals surface area (Å²) < 4.78 is 16.0. The highest BCUT2D eigenvalue weighted by Crippen LogP contribution is 2.18. The van der Waals surface area contributed by atoms with Crippen LogP contribution in [0.3, 0.4) is 0 Å². The summed E-state index contributed by atoms with van der Waals surface area (Å²) in [6.07, 6.45) is 1.51. The number of imidazole rings is 1. The van der Waals surface area contributed by atoms with E-state index in [-0.39, 0.29) is 17.0 Å². The molecule has 8 nitrogen and oxygen atoms in total. The van der Waals surface area contributed by atoms with Crippen molar-refractivity contribution in [2.45, 2.75) is 13.5 Å². The molecule has 2 aromatic carbocycles. The van der Waals surface area contributed by atoms with E-state index >= 15 is 0 Å². The summed E-state index contributed by atoms with van der Waals surface area (Å²) in [5, 5.41) is 4.15. The third kappa shape index (κ3) is 3.77. The first-order valence-corrected chi connectivity index (χ1v) is 9.22. The number of fused-ring (bicyclic) bond motifs is 1. The third-order valence-electron chi connectivity index (χ3n) is 4.72. The minimum absolute atomic E-state index is 0.246. The maximum Gasteiger partial charge on any atom is 0.329 e. The molecule has 2 aromatic heterocycles. The van der Waals surface area contributed by atoms with Gasteiger partial charge < -0.3 is 0 Å². The van der Waals surface area contributed by atoms with Crippen LogP contribution in [0, 0.1) is 12.7 Å². The molecule has 0 fully saturated rings. The monoisotopic (exact) mass is 406 g/mol. The number of H-pyrrole nitrogens is 1. The van der Waals surface area contributed by atoms with Gasteiger partial charge in [-0.2, -0.15) is 10.1 Å². The van der Waals surface area contributed by atoms with Gasteiger partial charge in [-0.1, -0.05) is 42.0 Å². The van der Waals surface area contributed by atoms with Crippen LogP contribution in [-0.2, 0) is 13.6 Å². The number of hydrazone groups is 1. The molecule has 0 saturated carbocycles. The molecule has 0 unspecified atom stereocenters. The Morgan fingerprint density at radius 1 is 1.13 bits per heavy atom. The van der Waals surface area contributed by atoms with Gasteiger partial charge in [0.05, 0.1) is 12.8 Å². The molecule has 0 bridgehead atoms. The van der Waals surface area contributed by atoms with Crippen molar-refractivity contribution in [3.63, 3.8) is 0 Å². The second-order valence-corrected chi connectivity index (χ2v) is 6.92. The van der Waals surface area contributed by atoms with E-state index in [0.29, 0.717) is 18.1 Å². The van der Waals surface area contributed by atoms with Crippen LogP contribution in [0.5, 0.6) is 0 Å². The molecule has 0 aliphatic heterocycles. The largest absolute Gasteiger partial charge is 0.329 e. The van der Waals surface area contributed by atoms with E-state index in [1.807, 2.05) is 31.2 Å². The molecule has 30 heavy (non-hydrogen) atoms. The van der Waals surface area contributed by atoms with Crippen molar-refractivity contribution in [2.75, 3.05) is 5.43 Å². The van der Waals surface area contributed by atoms with Crippen molar-refractivity contribution >= 4 is 23.3 Å². The molecule has 0 aliphatic rings. The van der Waals surface area contributed by atoms with E-state index in [9.17, 15) is 14.0 Å². The molecule has 0 spiro atoms. The highest BCUT2D eigenvalue weighted by molar-refractivity contribution is 5.80. The van der Waals surface area contributed by atoms with Crippen molar-refractivity contribution in [3.05, 3.63) is 91.9 Å². The SMILES string of the molecule is Cc1ccc(Cn2c(N/N=C/c3ccc(F)cc3)nc3c2c(=O)[nH]c(=O)n3C)cc1. The van der Waals surface area contributed by atoms with Crippen LogP contribution in [0.15, 0.2) is 63.2 Å². The van der Waals surface area contributed by atoms with Gasteiger partial charge in [-0.25, -0.2) is 14.6 Å². The number of aromatic amines is 1. The van der Waals surface area contributed by atoms with Gasteiger partial charge in [0, 0.05) is 7.05 Å². The zero-order chi connectivity index (χ0) is 21.3. The van der Waals surface area contributed by atoms with Crippen molar-refractivity contribution in [1.82, 2.24) is 19.1 Å². The predicted molar refractivity (Wildman–Crippen MR) is 113 cm³/mol. The first kappa shape index (κ1) is 19.3. The van der Waals surface area contributed by atoms with Crippen LogP contribution in [0.1, 0.15) is 16.7 Å². The van der Waals surface area contributed by atoms with Crippen molar-refractivity contribution < 1.29 is 4.39 Å². The van der Waals surface area contributed by atoms with Gasteiger partial charge >= 0.3 is 5.69 Å². The van der Waals surface area contributed by atoms with E-state index in [1.54, 1.807) is 16.7 Å². The van der Waals surface area contributed by atoms with Gasteiger partial charge in [-0.15, -0.1) is 0 Å². The lowest BCUT2D eigenvalue weighted by atomic mass is 10.1. The van der Waals surface area contributed by atoms with Gasteiger partial charge in [0.2, 0.25) is 5.95 Å². The second-order valence-electron chi connectivity index (χ2n) is 6.92. The standard InChI is InChI=1S/C21H19FN6O2/c1-13-3-5-15(6-4-13)12-28-17-18(27(2)21(30)25-19(17)29)24-20(28)26-23-11-14-7-9-16(22)10-8-14/h3-11H,12H2,1-2H3,(H,24,26)(H,25,29,30)/b23-11+. The lowest BCUT2D eigenvalue weighted by molar-refractivity contribution is 0.628. The van der Waals surface area contributed by atoms with E-state index in [1.165, 1.54) is 30.0 Å². The summed E-state index contributed by atoms with van der Waals surface area (Å²) in [5.74, 6) is -0.0317. The summed E-state index contributed by atoms with van der Waals surface area (Å²) in [5.41, 5.74) is 5.03. The van der Waals surface area contributed by atoms with Gasteiger partial charge in [0.15, 0.2) is 11.2 Å². The number of anilines is 1. The van der Waals surface area contributed by atoms with Crippen LogP contribution in [0.25, 0.3) is 11.2 Å². The predicted octanol–water partition coefficient (Wildman–Crippen LogP) is 2.37. The maximum atomic E-state index is 13.1. The third-order valence-corrected chi connectivity index (χ3v) is 4.72. The number of benzene rings is 2. The molecule has 152 valence electrons. The van der Waals surface area contributed by atoms with Crippen LogP contribution < -0.4 is 16.7 Å². The number of aromatic nitrogens is 4. The lowest BCUT2D eigenvalue weighted by Gasteiger charge is -2.08. The van der Waals surface area contributed by atoms with Crippen LogP contribution in [0.4, 0.5) is 10.3 Å². The Morgan fingerprint density at radius 2 is 1.83 bits per heavy atom. The highest BCUT2D eigenvalue weighted by Gasteiger charge is 2.17. The summed E-state index contributed by atoms with van der Waals surface area (Å²) in [6.45, 7) is 2.35. The number of halogens is 1. The normalized spacial score (nSPS) is 11.4. The Labute approximate surface area is 170 Å². The maximum absolute atomic E-state index is 13.1. The van der Waals surface area contributed by atoms with Crippen LogP contribution in [-0.4, -0.2) is 25.3 Å². The van der Waals surface area contributed by atoms with Crippen molar-refractivity contribution in [1.29, 1.82) is 0 Å². The fourth-order valence-electron chi connectivity index (χ4n) is 3.06. The second kappa shape index (κ2) is 7.78. The van der Waals surface area contributed by atoms with E-state index in [2.05, 4.69) is 20.5 Å². The Balaban J connectivity index is 1.77. The molecular weight excluding hydrogens is 387 g/mol. The summed E-state index contributed by atoms with van der Waals surface area (Å²) >= 11 is 0. The Morgan fingerprint density at radius 3 is 2.53 bits per heavy atom. The van der Waals surface area contributed by atoms with Gasteiger partial charge in [-0.05, 0) is 30.2 Å². The van der Waals surface area contributed by atoms with E-state index in [0.717, 1.165) is 11.1 Å². The number of aryl methyl sites for hydroxylation is 2. The van der Waals surface area contributed by atoms with Crippen LogP contribution >= 0.6 is 0 Å². The molecule has 0 aliphatic carbocycles. The van der Waals surface area contributed by atoms with E-state index < -0.39 is 11.2 Å². The van der Waals surface area contributed by atoms with Gasteiger partial charge in [0.25, 0.3) is 5.56 Å². The number of nitrogens with zero attached hydrogens (tertiary/aromatic N) is 4. The Kier molecular flexibility index (Phi) is 5.01. The Hall–Kier alpha value is -4.01. The summed E-state index contributed by atoms with van der Waals surface area (Å²) in [4.78, 5) is 31.2. The molecule has 9 heteroatoms. The lowest BCUT2D eigenvalue weighted by Crippen LogP contribution is -2.29. The summed E-state index contributed by atoms with van der Waals surface area (Å²) in [7, 11) is 1.54. The number of nitrogens with one attached hydrogen (secondary N) is 2. The molecule has 2 heterocycles. The average Bonchev–Trinajstić information content (AvgIpc) is 3.08. The topological polar surface area (TPSA) is 97.1 Å². The molecule has 4 rings (SSSR count). The Bertz CT molecular complexity index is 1350.